The fourth-order valence-corrected chi connectivity index (χ4v) is 13.9. The molecule has 0 aliphatic rings. The van der Waals surface area contributed by atoms with Crippen LogP contribution in [0.3, 0.4) is 0 Å². The van der Waals surface area contributed by atoms with Crippen molar-refractivity contribution in [2.75, 3.05) is 0 Å². The Morgan fingerprint density at radius 2 is 0.811 bits per heavy atom. The molecule has 0 aliphatic heterocycles. The van der Waals surface area contributed by atoms with E-state index >= 15 is 0 Å². The summed E-state index contributed by atoms with van der Waals surface area (Å²) in [6, 6.07) is 57.9. The van der Waals surface area contributed by atoms with Crippen molar-refractivity contribution >= 4 is 26.5 Å². The minimum Gasteiger partial charge on any atom is -0.201 e. The van der Waals surface area contributed by atoms with Gasteiger partial charge in [-0.05, 0) is 164 Å². The number of aryl methyl sites for hydroxylation is 12. The highest BCUT2D eigenvalue weighted by molar-refractivity contribution is 6.89. The van der Waals surface area contributed by atoms with Gasteiger partial charge in [0.25, 0.3) is 0 Å². The van der Waals surface area contributed by atoms with Crippen LogP contribution in [0.4, 0.5) is 0 Å². The zero-order valence-corrected chi connectivity index (χ0v) is 60.3. The summed E-state index contributed by atoms with van der Waals surface area (Å²) in [5.74, 6) is 0. The van der Waals surface area contributed by atoms with E-state index in [1.54, 1.807) is 24.3 Å². The van der Waals surface area contributed by atoms with E-state index in [0.29, 0.717) is 16.7 Å². The molecule has 6 heteroatoms. The van der Waals surface area contributed by atoms with E-state index in [1.165, 1.54) is 66.6 Å². The normalized spacial score (nSPS) is 13.9. The molecule has 468 valence electrons. The lowest BCUT2D eigenvalue weighted by molar-refractivity contribution is -0.661. The number of rotatable bonds is 10. The predicted octanol–water partition coefficient (Wildman–Crippen LogP) is 18.8. The van der Waals surface area contributed by atoms with E-state index in [4.69, 9.17) is 13.7 Å². The Hall–Kier alpha value is -7.65. The fraction of sp³-hybridized carbons (Fsp3) is 0.333. The molecule has 0 unspecified atom stereocenters. The van der Waals surface area contributed by atoms with Crippen molar-refractivity contribution < 1.29 is 32.0 Å². The van der Waals surface area contributed by atoms with Gasteiger partial charge in [-0.2, -0.15) is 0 Å². The second-order valence-corrected chi connectivity index (χ2v) is 38.8. The van der Waals surface area contributed by atoms with E-state index in [-0.39, 0.29) is 0 Å². The van der Waals surface area contributed by atoms with Crippen LogP contribution in [0.2, 0.25) is 39.3 Å². The van der Waals surface area contributed by atoms with E-state index in [1.807, 2.05) is 116 Å². The summed E-state index contributed by atoms with van der Waals surface area (Å²) in [5, 5.41) is 2.60. The maximum Gasteiger partial charge on any atom is 0.212 e. The molecule has 0 bridgehead atoms. The van der Waals surface area contributed by atoms with Crippen LogP contribution >= 0.6 is 0 Å². The van der Waals surface area contributed by atoms with E-state index in [9.17, 15) is 0 Å². The third kappa shape index (κ3) is 18.7. The molecule has 0 atom stereocenters. The summed E-state index contributed by atoms with van der Waals surface area (Å²) in [6.45, 7) is 33.4. The summed E-state index contributed by atoms with van der Waals surface area (Å²) < 4.78 is 89.1. The quantitative estimate of drug-likeness (QED) is 0.0958. The number of aromatic nitrogens is 4. The Morgan fingerprint density at radius 1 is 0.356 bits per heavy atom. The average Bonchev–Trinajstić information content (AvgIpc) is 0.753. The monoisotopic (exact) mass is 1240 g/mol. The van der Waals surface area contributed by atoms with Gasteiger partial charge in [0.1, 0.15) is 28.2 Å². The molecule has 6 aromatic carbocycles. The molecule has 0 fully saturated rings. The SMILES string of the molecule is Cc1cc[n+](C)c(-c2cc(-c3ccccc3)ccc2C)c1.Cc1ccc(-c2ccccc2)cc1-c1ccc([Si](C)(C)C)c[n+]1C.[2H]C([2H])([2H])c1ccc(-c2cc(C([2H])([2H])C(C)(C)C)c([Si](C)(C)C)c[n+]2C)c(C)c1.[2H]C([2H])([2H])c1ccc(-c2cc(C)c(C([2H])([2H])C(C)(C)C)c[n+]2C)c(C)c1. The highest BCUT2D eigenvalue weighted by Crippen LogP contribution is 2.32. The topological polar surface area (TPSA) is 15.5 Å². The van der Waals surface area contributed by atoms with Crippen LogP contribution in [0.5, 0.6) is 0 Å². The van der Waals surface area contributed by atoms with Crippen molar-refractivity contribution in [3.8, 4) is 67.3 Å². The first kappa shape index (κ1) is 56.3. The van der Waals surface area contributed by atoms with Crippen molar-refractivity contribution in [2.24, 2.45) is 39.0 Å². The largest absolute Gasteiger partial charge is 0.212 e. The second kappa shape index (κ2) is 29.1. The number of benzene rings is 6. The fourth-order valence-electron chi connectivity index (χ4n) is 11.2. The van der Waals surface area contributed by atoms with Gasteiger partial charge < -0.3 is 0 Å². The molecule has 4 nitrogen and oxygen atoms in total. The summed E-state index contributed by atoms with van der Waals surface area (Å²) in [6.07, 6.45) is 5.41. The van der Waals surface area contributed by atoms with E-state index in [2.05, 4.69) is 223 Å². The van der Waals surface area contributed by atoms with Gasteiger partial charge in [-0.3, -0.25) is 0 Å². The average molecular weight is 1240 g/mol. The lowest BCUT2D eigenvalue weighted by Gasteiger charge is -2.25. The molecule has 0 aliphatic carbocycles. The maximum atomic E-state index is 8.94. The summed E-state index contributed by atoms with van der Waals surface area (Å²) >= 11 is 0. The third-order valence-corrected chi connectivity index (χ3v) is 20.2. The van der Waals surface area contributed by atoms with Gasteiger partial charge in [-0.15, -0.1) is 0 Å². The molecule has 0 saturated heterocycles. The van der Waals surface area contributed by atoms with Gasteiger partial charge in [-0.25, -0.2) is 18.3 Å². The molecule has 0 amide bonds. The first-order chi connectivity index (χ1) is 46.0. The Morgan fingerprint density at radius 3 is 1.27 bits per heavy atom. The molecule has 0 N–H and O–H groups in total. The van der Waals surface area contributed by atoms with Gasteiger partial charge in [0, 0.05) is 82.2 Å². The lowest BCUT2D eigenvalue weighted by atomic mass is 9.87. The zero-order valence-electron chi connectivity index (χ0n) is 68.3. The Bertz CT molecular complexity index is 4550. The highest BCUT2D eigenvalue weighted by atomic mass is 28.3. The molecule has 0 saturated carbocycles. The number of hydrogen-bond acceptors (Lipinski definition) is 0. The first-order valence-electron chi connectivity index (χ1n) is 36.6. The summed E-state index contributed by atoms with van der Waals surface area (Å²) in [7, 11) is 5.05. The molecule has 10 aromatic rings. The van der Waals surface area contributed by atoms with Crippen molar-refractivity contribution in [1.29, 1.82) is 0 Å². The molecule has 0 radical (unpaired) electrons. The lowest BCUT2D eigenvalue weighted by Crippen LogP contribution is -2.47. The maximum absolute atomic E-state index is 8.94. The van der Waals surface area contributed by atoms with Gasteiger partial charge in [-0.1, -0.05) is 207 Å². The third-order valence-electron chi connectivity index (χ3n) is 16.1. The minimum atomic E-state index is -2.14. The standard InChI is InChI=1S/C22H26NSi.C22H34NSi.C20H20N.C20H28N/c1-17-11-12-19(18-9-7-6-8-10-18)15-21(17)22-14-13-20(16-23(22)2)24(3,4)5;1-16-10-11-19(17(2)12-16)20-13-18(14-22(3,4)5)21(15-23(20)6)24(7,8)9;1-15-11-12-21(3)20(13-15)19-14-18(10-9-16(19)2)17-7-5-4-6-8-17;1-14-8-9-18(16(3)10-14)19-11-15(2)17(13-21(19)7)12-20(4,5)6/h6-16H,1-5H3;10-13,15H,14H2,1-9H3;4-14H,1-3H3;8-11,13H,12H2,1-7H3/q4*+1/i;1D3,14D2;;1D3,12D2. The van der Waals surface area contributed by atoms with Crippen LogP contribution in [0.15, 0.2) is 195 Å². The van der Waals surface area contributed by atoms with Crippen molar-refractivity contribution in [2.45, 2.75) is 149 Å². The Labute approximate surface area is 561 Å². The van der Waals surface area contributed by atoms with Crippen molar-refractivity contribution in [1.82, 2.24) is 0 Å². The Balaban J connectivity index is 0.000000188. The van der Waals surface area contributed by atoms with Crippen LogP contribution in [-0.2, 0) is 40.9 Å². The van der Waals surface area contributed by atoms with Crippen LogP contribution in [0, 0.1) is 66.1 Å². The van der Waals surface area contributed by atoms with Crippen LogP contribution in [0.1, 0.15) is 111 Å². The highest BCUT2D eigenvalue weighted by Gasteiger charge is 2.29. The van der Waals surface area contributed by atoms with Gasteiger partial charge in [0.05, 0.1) is 16.1 Å². The Kier molecular flexibility index (Phi) is 18.2. The van der Waals surface area contributed by atoms with Gasteiger partial charge >= 0.3 is 0 Å². The predicted molar refractivity (Wildman–Crippen MR) is 393 cm³/mol. The molecule has 10 rings (SSSR count). The minimum absolute atomic E-state index is 0.324. The smallest absolute Gasteiger partial charge is 0.201 e. The molecule has 4 aromatic heterocycles. The van der Waals surface area contributed by atoms with Gasteiger partial charge in [0.2, 0.25) is 22.8 Å². The summed E-state index contributed by atoms with van der Waals surface area (Å²) in [5.41, 5.74) is 21.4. The first-order valence-corrected chi connectivity index (χ1v) is 38.6. The molecular formula is C84H108N4Si2+4. The molecular weight excluding hydrogens is 1120 g/mol. The summed E-state index contributed by atoms with van der Waals surface area (Å²) in [4.78, 5) is 0. The second-order valence-electron chi connectivity index (χ2n) is 28.7. The molecule has 0 spiro atoms. The number of nitrogens with zero attached hydrogens (tertiary/aromatic N) is 4. The van der Waals surface area contributed by atoms with Crippen molar-refractivity contribution in [3.05, 3.63) is 250 Å². The molecule has 90 heavy (non-hydrogen) atoms. The molecule has 4 heterocycles. The van der Waals surface area contributed by atoms with E-state index < -0.39 is 53.4 Å². The van der Waals surface area contributed by atoms with Crippen LogP contribution in [0.25, 0.3) is 67.3 Å². The van der Waals surface area contributed by atoms with Gasteiger partial charge in [0.15, 0.2) is 24.8 Å². The van der Waals surface area contributed by atoms with Crippen LogP contribution in [-0.4, -0.2) is 16.1 Å². The number of pyridine rings is 4. The van der Waals surface area contributed by atoms with E-state index in [0.717, 1.165) is 50.0 Å². The zero-order chi connectivity index (χ0) is 74.8. The number of hydrogen-bond donors (Lipinski definition) is 0. The van der Waals surface area contributed by atoms with Crippen molar-refractivity contribution in [3.63, 3.8) is 0 Å². The van der Waals surface area contributed by atoms with Crippen LogP contribution < -0.4 is 28.6 Å².